The molecular weight excluding hydrogens is 393 g/mol. The lowest BCUT2D eigenvalue weighted by Gasteiger charge is -2.24. The number of rotatable bonds is 12. The molecule has 22 heavy (non-hydrogen) atoms. The molecule has 0 aliphatic carbocycles. The minimum atomic E-state index is 0.163. The third-order valence-electron chi connectivity index (χ3n) is 3.33. The van der Waals surface area contributed by atoms with Crippen molar-refractivity contribution in [3.63, 3.8) is 0 Å². The van der Waals surface area contributed by atoms with E-state index in [1.165, 1.54) is 0 Å². The maximum atomic E-state index is 12.5. The molecule has 0 saturated carbocycles. The number of urea groups is 1. The molecule has 2 amide bonds. The van der Waals surface area contributed by atoms with E-state index >= 15 is 0 Å². The number of carbonyl (C=O) groups is 1. The fourth-order valence-corrected chi connectivity index (χ4v) is 5.38. The Morgan fingerprint density at radius 1 is 0.864 bits per heavy atom. The molecule has 1 saturated heterocycles. The highest BCUT2D eigenvalue weighted by Crippen LogP contribution is 2.20. The van der Waals surface area contributed by atoms with E-state index in [-0.39, 0.29) is 6.03 Å². The van der Waals surface area contributed by atoms with E-state index in [0.29, 0.717) is 10.5 Å². The Bertz CT molecular complexity index is 295. The van der Waals surface area contributed by atoms with Crippen molar-refractivity contribution in [1.82, 2.24) is 9.80 Å². The van der Waals surface area contributed by atoms with Crippen LogP contribution in [-0.2, 0) is 0 Å². The first kappa shape index (κ1) is 21.4. The molecule has 9 heteroatoms. The first-order valence-corrected chi connectivity index (χ1v) is 12.0. The van der Waals surface area contributed by atoms with Crippen LogP contribution in [-0.4, -0.2) is 87.0 Å². The van der Waals surface area contributed by atoms with Crippen LogP contribution in [0.1, 0.15) is 0 Å². The summed E-state index contributed by atoms with van der Waals surface area (Å²) < 4.78 is 0. The minimum absolute atomic E-state index is 0.163. The molecular formula is C13H26N2OS6. The fourth-order valence-electron chi connectivity index (χ4n) is 2.23. The van der Waals surface area contributed by atoms with E-state index in [2.05, 4.69) is 50.5 Å². The maximum absolute atomic E-state index is 12.5. The molecule has 3 nitrogen and oxygen atoms in total. The van der Waals surface area contributed by atoms with Gasteiger partial charge in [-0.2, -0.15) is 74.0 Å². The zero-order valence-corrected chi connectivity index (χ0v) is 17.8. The molecule has 2 atom stereocenters. The number of thiol groups is 4. The summed E-state index contributed by atoms with van der Waals surface area (Å²) in [6.07, 6.45) is 0. The largest absolute Gasteiger partial charge is 0.322 e. The Hall–Kier alpha value is 1.37. The van der Waals surface area contributed by atoms with Gasteiger partial charge >= 0.3 is 6.03 Å². The molecule has 2 unspecified atom stereocenters. The Kier molecular flexibility index (Phi) is 12.4. The smallest absolute Gasteiger partial charge is 0.320 e. The maximum Gasteiger partial charge on any atom is 0.320 e. The van der Waals surface area contributed by atoms with Crippen LogP contribution in [0.5, 0.6) is 0 Å². The van der Waals surface area contributed by atoms with Gasteiger partial charge < -0.3 is 9.80 Å². The molecule has 1 aliphatic rings. The van der Waals surface area contributed by atoms with E-state index in [0.717, 1.165) is 60.7 Å². The van der Waals surface area contributed by atoms with Crippen molar-refractivity contribution in [1.29, 1.82) is 0 Å². The van der Waals surface area contributed by atoms with Crippen molar-refractivity contribution in [2.24, 2.45) is 0 Å². The van der Waals surface area contributed by atoms with Crippen molar-refractivity contribution in [2.75, 3.05) is 60.7 Å². The lowest BCUT2D eigenvalue weighted by Crippen LogP contribution is -2.39. The van der Waals surface area contributed by atoms with E-state index in [1.807, 2.05) is 33.3 Å². The predicted molar refractivity (Wildman–Crippen MR) is 116 cm³/mol. The van der Waals surface area contributed by atoms with Gasteiger partial charge in [0.25, 0.3) is 0 Å². The average Bonchev–Trinajstić information content (AvgIpc) is 2.88. The highest BCUT2D eigenvalue weighted by molar-refractivity contribution is 8.01. The van der Waals surface area contributed by atoms with Gasteiger partial charge in [-0.25, -0.2) is 4.79 Å². The van der Waals surface area contributed by atoms with Crippen molar-refractivity contribution >= 4 is 80.1 Å². The molecule has 1 heterocycles. The van der Waals surface area contributed by atoms with Gasteiger partial charge in [0.15, 0.2) is 0 Å². The topological polar surface area (TPSA) is 23.6 Å². The zero-order valence-electron chi connectivity index (χ0n) is 12.6. The molecule has 1 rings (SSSR count). The number of amides is 2. The Morgan fingerprint density at radius 3 is 1.59 bits per heavy atom. The first-order chi connectivity index (χ1) is 10.7. The number of hydrogen-bond donors (Lipinski definition) is 4. The molecule has 1 aliphatic heterocycles. The van der Waals surface area contributed by atoms with Crippen LogP contribution in [0.3, 0.4) is 0 Å². The first-order valence-electron chi connectivity index (χ1n) is 7.36. The average molecular weight is 419 g/mol. The summed E-state index contributed by atoms with van der Waals surface area (Å²) in [7, 11) is 0. The minimum Gasteiger partial charge on any atom is -0.322 e. The van der Waals surface area contributed by atoms with Gasteiger partial charge in [0, 0.05) is 59.7 Å². The summed E-state index contributed by atoms with van der Waals surface area (Å²) in [5.41, 5.74) is 0. The molecule has 0 aromatic rings. The molecule has 0 bridgehead atoms. The van der Waals surface area contributed by atoms with E-state index in [9.17, 15) is 4.79 Å². The second-order valence-corrected chi connectivity index (χ2v) is 9.41. The fraction of sp³-hybridized carbons (Fsp3) is 0.923. The highest BCUT2D eigenvalue weighted by atomic mass is 32.2. The van der Waals surface area contributed by atoms with Gasteiger partial charge in [-0.05, 0) is 11.5 Å². The van der Waals surface area contributed by atoms with Gasteiger partial charge in [0.2, 0.25) is 0 Å². The summed E-state index contributed by atoms with van der Waals surface area (Å²) in [6, 6.07) is 0.163. The Labute approximate surface area is 165 Å². The molecule has 1 fully saturated rings. The normalized spacial score (nSPS) is 18.1. The van der Waals surface area contributed by atoms with Crippen molar-refractivity contribution in [3.8, 4) is 0 Å². The van der Waals surface area contributed by atoms with Gasteiger partial charge in [0.1, 0.15) is 0 Å². The van der Waals surface area contributed by atoms with Crippen LogP contribution >= 0.6 is 74.0 Å². The van der Waals surface area contributed by atoms with Crippen LogP contribution < -0.4 is 0 Å². The summed E-state index contributed by atoms with van der Waals surface area (Å²) in [6.45, 7) is 3.21. The summed E-state index contributed by atoms with van der Waals surface area (Å²) in [4.78, 5) is 16.4. The second-order valence-electron chi connectivity index (χ2n) is 4.97. The van der Waals surface area contributed by atoms with Crippen LogP contribution in [0.2, 0.25) is 0 Å². The molecule has 0 spiro atoms. The van der Waals surface area contributed by atoms with Crippen LogP contribution in [0.4, 0.5) is 4.79 Å². The zero-order chi connectivity index (χ0) is 16.4. The van der Waals surface area contributed by atoms with E-state index in [4.69, 9.17) is 0 Å². The van der Waals surface area contributed by atoms with Crippen LogP contribution in [0, 0.1) is 0 Å². The van der Waals surface area contributed by atoms with Gasteiger partial charge in [-0.1, -0.05) is 0 Å². The molecule has 0 aromatic carbocycles. The van der Waals surface area contributed by atoms with Crippen molar-refractivity contribution < 1.29 is 4.79 Å². The number of nitrogens with zero attached hydrogens (tertiary/aromatic N) is 2. The quantitative estimate of drug-likeness (QED) is 0.367. The Morgan fingerprint density at radius 2 is 1.27 bits per heavy atom. The molecule has 0 radical (unpaired) electrons. The number of thioether (sulfide) groups is 2. The third kappa shape index (κ3) is 7.51. The number of hydrogen-bond acceptors (Lipinski definition) is 7. The number of carbonyl (C=O) groups excluding carboxylic acids is 1. The molecule has 130 valence electrons. The van der Waals surface area contributed by atoms with Crippen LogP contribution in [0.25, 0.3) is 0 Å². The summed E-state index contributed by atoms with van der Waals surface area (Å²) >= 11 is 21.0. The Balaban J connectivity index is 2.43. The highest BCUT2D eigenvalue weighted by Gasteiger charge is 2.31. The lowest BCUT2D eigenvalue weighted by atomic mass is 10.4. The van der Waals surface area contributed by atoms with Crippen LogP contribution in [0.15, 0.2) is 0 Å². The SMILES string of the molecule is O=C1N(CC(CS)SCCS)CCN1CC(CS)SCCS. The van der Waals surface area contributed by atoms with Gasteiger partial charge in [-0.3, -0.25) is 0 Å². The van der Waals surface area contributed by atoms with Gasteiger partial charge in [-0.15, -0.1) is 0 Å². The molecule has 0 N–H and O–H groups in total. The summed E-state index contributed by atoms with van der Waals surface area (Å²) in [5, 5.41) is 0.775. The standard InChI is InChI=1S/C13H26N2OS6/c16-13-14(7-11(9-19)21-5-3-17)1-2-15(13)8-12(10-20)22-6-4-18/h11-12,17-20H,1-10H2. The van der Waals surface area contributed by atoms with Crippen molar-refractivity contribution in [2.45, 2.75) is 10.5 Å². The second kappa shape index (κ2) is 12.7. The van der Waals surface area contributed by atoms with Crippen molar-refractivity contribution in [3.05, 3.63) is 0 Å². The van der Waals surface area contributed by atoms with E-state index < -0.39 is 0 Å². The predicted octanol–water partition coefficient (Wildman–Crippen LogP) is 2.65. The third-order valence-corrected chi connectivity index (χ3v) is 8.21. The van der Waals surface area contributed by atoms with E-state index in [1.54, 1.807) is 0 Å². The summed E-state index contributed by atoms with van der Waals surface area (Å²) in [5.74, 6) is 5.31. The monoisotopic (exact) mass is 418 g/mol. The molecule has 0 aromatic heterocycles. The van der Waals surface area contributed by atoms with Gasteiger partial charge in [0.05, 0.1) is 0 Å². The lowest BCUT2D eigenvalue weighted by molar-refractivity contribution is 0.193.